The van der Waals surface area contributed by atoms with E-state index in [0.29, 0.717) is 13.0 Å². The Labute approximate surface area is 125 Å². The number of sulfonamides is 1. The number of rotatable bonds is 5. The fourth-order valence-corrected chi connectivity index (χ4v) is 2.97. The molecule has 1 unspecified atom stereocenters. The van der Waals surface area contributed by atoms with E-state index in [0.717, 1.165) is 9.87 Å². The fourth-order valence-electron chi connectivity index (χ4n) is 2.25. The van der Waals surface area contributed by atoms with Gasteiger partial charge in [-0.1, -0.05) is 24.3 Å². The Morgan fingerprint density at radius 2 is 2.00 bits per heavy atom. The summed E-state index contributed by atoms with van der Waals surface area (Å²) in [5, 5.41) is 5.86. The van der Waals surface area contributed by atoms with Crippen LogP contribution in [0.25, 0.3) is 0 Å². The van der Waals surface area contributed by atoms with Crippen molar-refractivity contribution in [3.8, 4) is 0 Å². The Morgan fingerprint density at radius 3 is 2.67 bits per heavy atom. The first-order valence-electron chi connectivity index (χ1n) is 6.88. The summed E-state index contributed by atoms with van der Waals surface area (Å²) >= 11 is 0. The number of carbonyl (C=O) groups is 1. The lowest BCUT2D eigenvalue weighted by Crippen LogP contribution is -2.48. The summed E-state index contributed by atoms with van der Waals surface area (Å²) in [6, 6.07) is 7.70. The molecule has 116 valence electrons. The lowest BCUT2D eigenvalue weighted by atomic mass is 9.95. The standard InChI is InChI=1S/C14H21N3O3S/c1-17(2)21(19,20)8-7-15-14(18)13-9-11-5-3-4-6-12(11)10-16-13/h3-6,13,16H,7-10H2,1-2H3,(H,15,18). The minimum absolute atomic E-state index is 0.0882. The number of benzene rings is 1. The van der Waals surface area contributed by atoms with Gasteiger partial charge in [-0.2, -0.15) is 0 Å². The van der Waals surface area contributed by atoms with Crippen molar-refractivity contribution >= 4 is 15.9 Å². The van der Waals surface area contributed by atoms with Gasteiger partial charge < -0.3 is 10.6 Å². The van der Waals surface area contributed by atoms with E-state index in [4.69, 9.17) is 0 Å². The summed E-state index contributed by atoms with van der Waals surface area (Å²) in [6.45, 7) is 0.781. The Hall–Kier alpha value is -1.44. The zero-order valence-corrected chi connectivity index (χ0v) is 13.1. The van der Waals surface area contributed by atoms with Crippen LogP contribution in [0, 0.1) is 0 Å². The minimum atomic E-state index is -3.28. The van der Waals surface area contributed by atoms with Gasteiger partial charge in [0.2, 0.25) is 15.9 Å². The van der Waals surface area contributed by atoms with E-state index in [-0.39, 0.29) is 24.2 Å². The maximum atomic E-state index is 12.1. The van der Waals surface area contributed by atoms with Crippen LogP contribution in [-0.4, -0.2) is 51.1 Å². The second kappa shape index (κ2) is 6.55. The monoisotopic (exact) mass is 311 g/mol. The largest absolute Gasteiger partial charge is 0.354 e. The molecule has 1 aliphatic rings. The van der Waals surface area contributed by atoms with E-state index in [9.17, 15) is 13.2 Å². The average Bonchev–Trinajstić information content (AvgIpc) is 2.46. The smallest absolute Gasteiger partial charge is 0.237 e. The van der Waals surface area contributed by atoms with Gasteiger partial charge >= 0.3 is 0 Å². The summed E-state index contributed by atoms with van der Waals surface area (Å²) in [4.78, 5) is 12.1. The molecule has 0 bridgehead atoms. The molecule has 0 saturated heterocycles. The first kappa shape index (κ1) is 15.9. The third kappa shape index (κ3) is 4.03. The molecule has 0 fully saturated rings. The SMILES string of the molecule is CN(C)S(=O)(=O)CCNC(=O)C1Cc2ccccc2CN1. The molecule has 2 rings (SSSR count). The van der Waals surface area contributed by atoms with Crippen LogP contribution in [0.4, 0.5) is 0 Å². The number of hydrogen-bond donors (Lipinski definition) is 2. The van der Waals surface area contributed by atoms with E-state index in [2.05, 4.69) is 10.6 Å². The Bertz CT molecular complexity index is 614. The summed E-state index contributed by atoms with van der Waals surface area (Å²) in [5.41, 5.74) is 2.37. The Morgan fingerprint density at radius 1 is 1.33 bits per heavy atom. The summed E-state index contributed by atoms with van der Waals surface area (Å²) in [5.74, 6) is -0.242. The number of hydrogen-bond acceptors (Lipinski definition) is 4. The molecule has 0 aromatic heterocycles. The van der Waals surface area contributed by atoms with Crippen LogP contribution in [0.1, 0.15) is 11.1 Å². The van der Waals surface area contributed by atoms with Crippen LogP contribution in [0.2, 0.25) is 0 Å². The van der Waals surface area contributed by atoms with Gasteiger partial charge in [0, 0.05) is 27.2 Å². The molecule has 0 spiro atoms. The maximum Gasteiger partial charge on any atom is 0.237 e. The van der Waals surface area contributed by atoms with Crippen molar-refractivity contribution in [2.24, 2.45) is 0 Å². The molecule has 0 radical (unpaired) electrons. The molecule has 1 heterocycles. The maximum absolute atomic E-state index is 12.1. The van der Waals surface area contributed by atoms with Gasteiger partial charge in [-0.25, -0.2) is 12.7 Å². The fraction of sp³-hybridized carbons (Fsp3) is 0.500. The molecular weight excluding hydrogens is 290 g/mol. The molecule has 1 atom stereocenters. The summed E-state index contributed by atoms with van der Waals surface area (Å²) < 4.78 is 24.4. The van der Waals surface area contributed by atoms with Gasteiger partial charge in [0.15, 0.2) is 0 Å². The van der Waals surface area contributed by atoms with Crippen molar-refractivity contribution in [2.75, 3.05) is 26.4 Å². The molecule has 1 aromatic rings. The Kier molecular flexibility index (Phi) is 4.97. The van der Waals surface area contributed by atoms with Gasteiger partial charge in [-0.15, -0.1) is 0 Å². The molecule has 0 saturated carbocycles. The molecule has 7 heteroatoms. The lowest BCUT2D eigenvalue weighted by molar-refractivity contribution is -0.123. The second-order valence-corrected chi connectivity index (χ2v) is 7.60. The van der Waals surface area contributed by atoms with Crippen LogP contribution < -0.4 is 10.6 Å². The predicted octanol–water partition coefficient (Wildman–Crippen LogP) is -0.291. The third-order valence-corrected chi connectivity index (χ3v) is 5.45. The van der Waals surface area contributed by atoms with E-state index in [1.165, 1.54) is 19.7 Å². The van der Waals surface area contributed by atoms with E-state index >= 15 is 0 Å². The van der Waals surface area contributed by atoms with Gasteiger partial charge in [0.05, 0.1) is 11.8 Å². The molecule has 1 amide bonds. The van der Waals surface area contributed by atoms with E-state index < -0.39 is 10.0 Å². The molecule has 21 heavy (non-hydrogen) atoms. The van der Waals surface area contributed by atoms with Crippen molar-refractivity contribution in [3.05, 3.63) is 35.4 Å². The zero-order chi connectivity index (χ0) is 15.5. The molecule has 6 nitrogen and oxygen atoms in total. The number of carbonyl (C=O) groups excluding carboxylic acids is 1. The van der Waals surface area contributed by atoms with Gasteiger partial charge in [-0.05, 0) is 17.5 Å². The van der Waals surface area contributed by atoms with Crippen molar-refractivity contribution in [1.82, 2.24) is 14.9 Å². The van der Waals surface area contributed by atoms with Crippen LogP contribution in [-0.2, 0) is 27.8 Å². The second-order valence-electron chi connectivity index (χ2n) is 5.30. The number of fused-ring (bicyclic) bond motifs is 1. The highest BCUT2D eigenvalue weighted by Gasteiger charge is 2.24. The minimum Gasteiger partial charge on any atom is -0.354 e. The first-order valence-corrected chi connectivity index (χ1v) is 8.49. The zero-order valence-electron chi connectivity index (χ0n) is 12.3. The first-order chi connectivity index (χ1) is 9.90. The van der Waals surface area contributed by atoms with Gasteiger partial charge in [-0.3, -0.25) is 4.79 Å². The van der Waals surface area contributed by atoms with Crippen LogP contribution in [0.5, 0.6) is 0 Å². The molecule has 1 aliphatic heterocycles. The van der Waals surface area contributed by atoms with E-state index in [1.807, 2.05) is 24.3 Å². The van der Waals surface area contributed by atoms with E-state index in [1.54, 1.807) is 0 Å². The predicted molar refractivity (Wildman–Crippen MR) is 81.3 cm³/mol. The molecule has 1 aromatic carbocycles. The van der Waals surface area contributed by atoms with Crippen molar-refractivity contribution in [2.45, 2.75) is 19.0 Å². The highest BCUT2D eigenvalue weighted by molar-refractivity contribution is 7.89. The van der Waals surface area contributed by atoms with Crippen molar-refractivity contribution < 1.29 is 13.2 Å². The number of nitrogens with one attached hydrogen (secondary N) is 2. The van der Waals surface area contributed by atoms with Crippen LogP contribution >= 0.6 is 0 Å². The van der Waals surface area contributed by atoms with Crippen molar-refractivity contribution in [3.63, 3.8) is 0 Å². The summed E-state index contributed by atoms with van der Waals surface area (Å²) in [7, 11) is -0.309. The lowest BCUT2D eigenvalue weighted by Gasteiger charge is -2.25. The molecule has 0 aliphatic carbocycles. The summed E-state index contributed by atoms with van der Waals surface area (Å²) in [6.07, 6.45) is 0.627. The quantitative estimate of drug-likeness (QED) is 0.783. The van der Waals surface area contributed by atoms with Crippen LogP contribution in [0.3, 0.4) is 0 Å². The highest BCUT2D eigenvalue weighted by Crippen LogP contribution is 2.16. The van der Waals surface area contributed by atoms with Crippen molar-refractivity contribution in [1.29, 1.82) is 0 Å². The number of amides is 1. The van der Waals surface area contributed by atoms with Gasteiger partial charge in [0.25, 0.3) is 0 Å². The average molecular weight is 311 g/mol. The topological polar surface area (TPSA) is 78.5 Å². The number of nitrogens with zero attached hydrogens (tertiary/aromatic N) is 1. The molecule has 2 N–H and O–H groups in total. The van der Waals surface area contributed by atoms with Gasteiger partial charge in [0.1, 0.15) is 0 Å². The van der Waals surface area contributed by atoms with Crippen LogP contribution in [0.15, 0.2) is 24.3 Å². The molecular formula is C14H21N3O3S. The normalized spacial score (nSPS) is 18.3. The Balaban J connectivity index is 1.86. The highest BCUT2D eigenvalue weighted by atomic mass is 32.2. The third-order valence-electron chi connectivity index (χ3n) is 3.61.